The quantitative estimate of drug-likeness (QED) is 0.176. The lowest BCUT2D eigenvalue weighted by Gasteiger charge is -2.22. The zero-order valence-electron chi connectivity index (χ0n) is 33.3. The van der Waals surface area contributed by atoms with E-state index in [4.69, 9.17) is 0 Å². The summed E-state index contributed by atoms with van der Waals surface area (Å²) in [5.74, 6) is 0. The fourth-order valence-corrected chi connectivity index (χ4v) is 10.4. The lowest BCUT2D eigenvalue weighted by molar-refractivity contribution is -0.137. The average Bonchev–Trinajstić information content (AvgIpc) is 3.98. The summed E-state index contributed by atoms with van der Waals surface area (Å²) in [6.07, 6.45) is -4.67. The monoisotopic (exact) mass is 797 g/mol. The van der Waals surface area contributed by atoms with Crippen LogP contribution in [0.4, 0.5) is 13.2 Å². The highest BCUT2D eigenvalue weighted by molar-refractivity contribution is 6.27. The van der Waals surface area contributed by atoms with Gasteiger partial charge in [-0.2, -0.15) is 18.4 Å². The highest BCUT2D eigenvalue weighted by Crippen LogP contribution is 2.48. The Morgan fingerprint density at radius 1 is 0.475 bits per heavy atom. The van der Waals surface area contributed by atoms with Gasteiger partial charge in [0.05, 0.1) is 61.7 Å². The number of hydrogen-bond donors (Lipinski definition) is 0. The Morgan fingerprint density at radius 3 is 1.43 bits per heavy atom. The molecule has 0 spiro atoms. The third-order valence-electron chi connectivity index (χ3n) is 13.0. The fourth-order valence-electron chi connectivity index (χ4n) is 10.4. The fraction of sp³-hybridized carbons (Fsp3) is 0.0755. The molecule has 12 aromatic rings. The van der Waals surface area contributed by atoms with Gasteiger partial charge in [-0.15, -0.1) is 0 Å². The lowest BCUT2D eigenvalue weighted by Crippen LogP contribution is -2.10. The second kappa shape index (κ2) is 12.4. The molecule has 0 unspecified atom stereocenters. The predicted molar refractivity (Wildman–Crippen MR) is 243 cm³/mol. The van der Waals surface area contributed by atoms with Crippen molar-refractivity contribution >= 4 is 87.2 Å². The third-order valence-corrected chi connectivity index (χ3v) is 13.0. The van der Waals surface area contributed by atoms with Gasteiger partial charge < -0.3 is 18.3 Å². The van der Waals surface area contributed by atoms with Crippen LogP contribution in [0.25, 0.3) is 110 Å². The number of alkyl halides is 3. The number of rotatable bonds is 3. The van der Waals surface area contributed by atoms with E-state index in [-0.39, 0.29) is 16.7 Å². The van der Waals surface area contributed by atoms with E-state index in [2.05, 4.69) is 117 Å². The van der Waals surface area contributed by atoms with Crippen LogP contribution >= 0.6 is 0 Å². The first-order valence-corrected chi connectivity index (χ1v) is 20.2. The van der Waals surface area contributed by atoms with Crippen LogP contribution in [0.5, 0.6) is 0 Å². The van der Waals surface area contributed by atoms with Gasteiger partial charge in [-0.1, -0.05) is 97.1 Å². The van der Waals surface area contributed by atoms with Crippen LogP contribution in [-0.2, 0) is 20.3 Å². The lowest BCUT2D eigenvalue weighted by atomic mass is 9.90. The van der Waals surface area contributed by atoms with Crippen molar-refractivity contribution < 1.29 is 13.2 Å². The molecule has 12 rings (SSSR count). The molecular weight excluding hydrogens is 764 g/mol. The standard InChI is InChI=1S/C53H34F3N5/c1-30-13-12-18-39(53(54,55)56)48(30)38-28-47(61-43-22-11-5-15-33(43)35-24-26-45-50(52(35)61)37-17-7-9-20-41(37)59(45)3)46(27-31(38)29-57)60-42-21-10-4-14-32(42)34-23-25-44-49(51(34)60)36-16-6-8-19-40(36)58(44)2/h4-28H,1-3H3. The molecule has 61 heavy (non-hydrogen) atoms. The zero-order chi connectivity index (χ0) is 41.5. The average molecular weight is 798 g/mol. The molecule has 0 aliphatic heterocycles. The van der Waals surface area contributed by atoms with Crippen LogP contribution in [0.15, 0.2) is 152 Å². The zero-order valence-corrected chi connectivity index (χ0v) is 33.3. The molecule has 0 amide bonds. The van der Waals surface area contributed by atoms with Crippen molar-refractivity contribution in [2.45, 2.75) is 13.1 Å². The van der Waals surface area contributed by atoms with Gasteiger partial charge >= 0.3 is 6.18 Å². The van der Waals surface area contributed by atoms with E-state index in [1.807, 2.05) is 54.6 Å². The second-order valence-electron chi connectivity index (χ2n) is 16.1. The van der Waals surface area contributed by atoms with Crippen LogP contribution in [0.3, 0.4) is 0 Å². The summed E-state index contributed by atoms with van der Waals surface area (Å²) in [5, 5.41) is 19.4. The minimum atomic E-state index is -4.67. The maximum atomic E-state index is 15.1. The van der Waals surface area contributed by atoms with Crippen molar-refractivity contribution in [1.82, 2.24) is 18.3 Å². The van der Waals surface area contributed by atoms with Gasteiger partial charge in [-0.3, -0.25) is 0 Å². The van der Waals surface area contributed by atoms with Gasteiger partial charge in [-0.05, 0) is 72.6 Å². The number of fused-ring (bicyclic) bond motifs is 14. The van der Waals surface area contributed by atoms with Crippen LogP contribution in [0.1, 0.15) is 16.7 Å². The summed E-state index contributed by atoms with van der Waals surface area (Å²) in [4.78, 5) is 0. The number of benzene rings is 8. The minimum Gasteiger partial charge on any atom is -0.344 e. The first kappa shape index (κ1) is 35.2. The largest absolute Gasteiger partial charge is 0.417 e. The number of para-hydroxylation sites is 4. The Morgan fingerprint density at radius 2 is 0.934 bits per heavy atom. The van der Waals surface area contributed by atoms with E-state index in [9.17, 15) is 5.26 Å². The summed E-state index contributed by atoms with van der Waals surface area (Å²) in [6.45, 7) is 1.68. The van der Waals surface area contributed by atoms with Crippen LogP contribution in [0.2, 0.25) is 0 Å². The third kappa shape index (κ3) is 4.66. The van der Waals surface area contributed by atoms with Crippen molar-refractivity contribution in [3.8, 4) is 28.6 Å². The van der Waals surface area contributed by atoms with Crippen LogP contribution in [0, 0.1) is 18.3 Å². The Balaban J connectivity index is 1.36. The number of hydrogen-bond acceptors (Lipinski definition) is 1. The molecule has 5 nitrogen and oxygen atoms in total. The van der Waals surface area contributed by atoms with Crippen LogP contribution in [-0.4, -0.2) is 18.3 Å². The normalized spacial score (nSPS) is 12.4. The number of aryl methyl sites for hydroxylation is 3. The molecule has 4 heterocycles. The summed E-state index contributed by atoms with van der Waals surface area (Å²) >= 11 is 0. The number of nitriles is 1. The predicted octanol–water partition coefficient (Wildman–Crippen LogP) is 14.0. The van der Waals surface area contributed by atoms with E-state index in [0.29, 0.717) is 16.9 Å². The van der Waals surface area contributed by atoms with Crippen molar-refractivity contribution in [2.24, 2.45) is 14.1 Å². The van der Waals surface area contributed by atoms with Crippen molar-refractivity contribution in [3.63, 3.8) is 0 Å². The first-order chi connectivity index (χ1) is 29.7. The van der Waals surface area contributed by atoms with Crippen molar-refractivity contribution in [2.75, 3.05) is 0 Å². The Hall–Kier alpha value is -7.76. The molecule has 8 aromatic carbocycles. The van der Waals surface area contributed by atoms with E-state index >= 15 is 13.2 Å². The highest BCUT2D eigenvalue weighted by atomic mass is 19.4. The van der Waals surface area contributed by atoms with Crippen molar-refractivity contribution in [3.05, 3.63) is 168 Å². The van der Waals surface area contributed by atoms with Gasteiger partial charge in [0.1, 0.15) is 0 Å². The van der Waals surface area contributed by atoms with Gasteiger partial charge in [0.25, 0.3) is 0 Å². The molecule has 8 heteroatoms. The van der Waals surface area contributed by atoms with E-state index in [0.717, 1.165) is 93.3 Å². The topological polar surface area (TPSA) is 43.5 Å². The first-order valence-electron chi connectivity index (χ1n) is 20.2. The maximum Gasteiger partial charge on any atom is 0.417 e. The van der Waals surface area contributed by atoms with Crippen molar-refractivity contribution in [1.29, 1.82) is 5.26 Å². The second-order valence-corrected chi connectivity index (χ2v) is 16.1. The molecular formula is C53H34F3N5. The van der Waals surface area contributed by atoms with E-state index in [1.54, 1.807) is 13.0 Å². The molecule has 0 atom stereocenters. The molecule has 0 N–H and O–H groups in total. The Labute approximate surface area is 346 Å². The molecule has 0 bridgehead atoms. The van der Waals surface area contributed by atoms with E-state index in [1.165, 1.54) is 6.07 Å². The summed E-state index contributed by atoms with van der Waals surface area (Å²) in [7, 11) is 4.14. The maximum absolute atomic E-state index is 15.1. The summed E-state index contributed by atoms with van der Waals surface area (Å²) in [6, 6.07) is 52.1. The molecule has 0 saturated heterocycles. The molecule has 0 aliphatic rings. The molecule has 292 valence electrons. The highest BCUT2D eigenvalue weighted by Gasteiger charge is 2.35. The molecule has 0 saturated carbocycles. The SMILES string of the molecule is Cc1cccc(C(F)(F)F)c1-c1cc(-n2c3ccccc3c3ccc4c(c5ccccc5n4C)c32)c(-n2c3ccccc3c3ccc4c(c5ccccc5n4C)c32)cc1C#N. The van der Waals surface area contributed by atoms with Gasteiger partial charge in [0.2, 0.25) is 0 Å². The smallest absolute Gasteiger partial charge is 0.344 e. The number of halogens is 3. The summed E-state index contributed by atoms with van der Waals surface area (Å²) in [5.41, 5.74) is 9.25. The Bertz CT molecular complexity index is 3920. The number of aromatic nitrogens is 4. The van der Waals surface area contributed by atoms with Gasteiger partial charge in [0.15, 0.2) is 0 Å². The molecule has 0 radical (unpaired) electrons. The molecule has 4 aromatic heterocycles. The molecule has 0 fully saturated rings. The summed E-state index contributed by atoms with van der Waals surface area (Å²) < 4.78 is 54.2. The minimum absolute atomic E-state index is 0.00547. The Kier molecular flexibility index (Phi) is 7.15. The number of nitrogens with zero attached hydrogens (tertiary/aromatic N) is 5. The van der Waals surface area contributed by atoms with Gasteiger partial charge in [-0.25, -0.2) is 0 Å². The van der Waals surface area contributed by atoms with Gasteiger partial charge in [0, 0.05) is 73.8 Å². The van der Waals surface area contributed by atoms with E-state index < -0.39 is 11.7 Å². The molecule has 0 aliphatic carbocycles. The van der Waals surface area contributed by atoms with Crippen LogP contribution < -0.4 is 0 Å².